The van der Waals surface area contributed by atoms with E-state index in [1.807, 2.05) is 6.20 Å². The van der Waals surface area contributed by atoms with E-state index >= 15 is 0 Å². The van der Waals surface area contributed by atoms with Crippen molar-refractivity contribution in [2.24, 2.45) is 5.92 Å². The van der Waals surface area contributed by atoms with Gasteiger partial charge in [0.05, 0.1) is 0 Å². The van der Waals surface area contributed by atoms with Crippen LogP contribution in [0.15, 0.2) is 36.5 Å². The molecule has 1 aromatic carbocycles. The maximum Gasteiger partial charge on any atom is 0.134 e. The standard InChI is InChI=1S/C16H19ClN2/c17-11-13-6-2-4-8-15(13)19-16-14-7-3-1-5-12(14)9-10-18-16/h1,3,5,7,9-10,13,15H,2,4,6,8,11H2,(H,18,19). The smallest absolute Gasteiger partial charge is 0.134 e. The Morgan fingerprint density at radius 1 is 1.16 bits per heavy atom. The molecule has 3 heteroatoms. The van der Waals surface area contributed by atoms with Gasteiger partial charge in [-0.05, 0) is 30.2 Å². The summed E-state index contributed by atoms with van der Waals surface area (Å²) in [7, 11) is 0. The summed E-state index contributed by atoms with van der Waals surface area (Å²) >= 11 is 6.10. The number of anilines is 1. The predicted octanol–water partition coefficient (Wildman–Crippen LogP) is 4.44. The molecule has 1 N–H and O–H groups in total. The molecule has 1 aliphatic carbocycles. The van der Waals surface area contributed by atoms with Crippen LogP contribution in [-0.2, 0) is 0 Å². The lowest BCUT2D eigenvalue weighted by molar-refractivity contribution is 0.353. The van der Waals surface area contributed by atoms with E-state index in [9.17, 15) is 0 Å². The van der Waals surface area contributed by atoms with E-state index in [1.54, 1.807) is 0 Å². The molecule has 1 aliphatic rings. The van der Waals surface area contributed by atoms with Gasteiger partial charge < -0.3 is 5.32 Å². The van der Waals surface area contributed by atoms with Crippen molar-refractivity contribution in [1.29, 1.82) is 0 Å². The maximum atomic E-state index is 6.10. The second kappa shape index (κ2) is 5.79. The molecule has 100 valence electrons. The first-order valence-electron chi connectivity index (χ1n) is 7.05. The molecule has 1 aromatic heterocycles. The molecule has 2 unspecified atom stereocenters. The summed E-state index contributed by atoms with van der Waals surface area (Å²) in [5.74, 6) is 2.30. The Morgan fingerprint density at radius 3 is 2.89 bits per heavy atom. The normalized spacial score (nSPS) is 23.4. The summed E-state index contributed by atoms with van der Waals surface area (Å²) in [5, 5.41) is 6.06. The van der Waals surface area contributed by atoms with Gasteiger partial charge in [-0.3, -0.25) is 0 Å². The predicted molar refractivity (Wildman–Crippen MR) is 81.8 cm³/mol. The second-order valence-corrected chi connectivity index (χ2v) is 5.64. The molecule has 2 aromatic rings. The van der Waals surface area contributed by atoms with Crippen molar-refractivity contribution in [3.8, 4) is 0 Å². The van der Waals surface area contributed by atoms with Crippen molar-refractivity contribution in [2.75, 3.05) is 11.2 Å². The van der Waals surface area contributed by atoms with Gasteiger partial charge in [0.1, 0.15) is 5.82 Å². The van der Waals surface area contributed by atoms with Gasteiger partial charge in [-0.1, -0.05) is 37.1 Å². The number of nitrogens with one attached hydrogen (secondary N) is 1. The van der Waals surface area contributed by atoms with Crippen LogP contribution in [0.5, 0.6) is 0 Å². The molecule has 2 nitrogen and oxygen atoms in total. The number of rotatable bonds is 3. The molecule has 0 bridgehead atoms. The van der Waals surface area contributed by atoms with E-state index in [-0.39, 0.29) is 0 Å². The first kappa shape index (κ1) is 12.7. The second-order valence-electron chi connectivity index (χ2n) is 5.33. The molecule has 1 saturated carbocycles. The highest BCUT2D eigenvalue weighted by molar-refractivity contribution is 6.18. The zero-order chi connectivity index (χ0) is 13.1. The average Bonchev–Trinajstić information content (AvgIpc) is 2.48. The maximum absolute atomic E-state index is 6.10. The first-order valence-corrected chi connectivity index (χ1v) is 7.58. The highest BCUT2D eigenvalue weighted by Crippen LogP contribution is 2.29. The number of halogens is 1. The fraction of sp³-hybridized carbons (Fsp3) is 0.438. The van der Waals surface area contributed by atoms with Crippen LogP contribution < -0.4 is 5.32 Å². The van der Waals surface area contributed by atoms with Gasteiger partial charge >= 0.3 is 0 Å². The minimum Gasteiger partial charge on any atom is -0.367 e. The highest BCUT2D eigenvalue weighted by atomic mass is 35.5. The molecule has 2 atom stereocenters. The van der Waals surface area contributed by atoms with Crippen molar-refractivity contribution in [2.45, 2.75) is 31.7 Å². The van der Waals surface area contributed by atoms with Crippen LogP contribution in [0.4, 0.5) is 5.82 Å². The molecule has 0 spiro atoms. The van der Waals surface area contributed by atoms with Crippen molar-refractivity contribution < 1.29 is 0 Å². The van der Waals surface area contributed by atoms with Gasteiger partial charge in [-0.2, -0.15) is 0 Å². The molecular weight excluding hydrogens is 256 g/mol. The molecule has 3 rings (SSSR count). The van der Waals surface area contributed by atoms with E-state index in [1.165, 1.54) is 36.5 Å². The highest BCUT2D eigenvalue weighted by Gasteiger charge is 2.24. The van der Waals surface area contributed by atoms with Crippen LogP contribution in [0.1, 0.15) is 25.7 Å². The number of fused-ring (bicyclic) bond motifs is 1. The van der Waals surface area contributed by atoms with Gasteiger partial charge in [0.15, 0.2) is 0 Å². The Hall–Kier alpha value is -1.28. The first-order chi connectivity index (χ1) is 9.38. The van der Waals surface area contributed by atoms with Crippen LogP contribution in [0.3, 0.4) is 0 Å². The van der Waals surface area contributed by atoms with Gasteiger partial charge in [0.25, 0.3) is 0 Å². The van der Waals surface area contributed by atoms with Gasteiger partial charge in [0.2, 0.25) is 0 Å². The monoisotopic (exact) mass is 274 g/mol. The largest absolute Gasteiger partial charge is 0.367 e. The van der Waals surface area contributed by atoms with E-state index in [0.29, 0.717) is 12.0 Å². The van der Waals surface area contributed by atoms with Crippen LogP contribution in [0, 0.1) is 5.92 Å². The zero-order valence-electron chi connectivity index (χ0n) is 11.0. The van der Waals surface area contributed by atoms with Crippen LogP contribution in [-0.4, -0.2) is 16.9 Å². The third-order valence-electron chi connectivity index (χ3n) is 4.10. The summed E-state index contributed by atoms with van der Waals surface area (Å²) in [6.07, 6.45) is 6.89. The van der Waals surface area contributed by atoms with E-state index in [0.717, 1.165) is 11.7 Å². The Balaban J connectivity index is 1.88. The molecule has 0 amide bonds. The molecule has 1 fully saturated rings. The molecule has 0 aliphatic heterocycles. The number of benzene rings is 1. The lowest BCUT2D eigenvalue weighted by Crippen LogP contribution is -2.33. The van der Waals surface area contributed by atoms with Crippen molar-refractivity contribution in [3.05, 3.63) is 36.5 Å². The summed E-state index contributed by atoms with van der Waals surface area (Å²) < 4.78 is 0. The van der Waals surface area contributed by atoms with Crippen LogP contribution in [0.25, 0.3) is 10.8 Å². The molecule has 0 radical (unpaired) electrons. The number of aromatic nitrogens is 1. The minimum atomic E-state index is 0.463. The lowest BCUT2D eigenvalue weighted by Gasteiger charge is -2.31. The van der Waals surface area contributed by atoms with Crippen molar-refractivity contribution >= 4 is 28.2 Å². The number of pyridine rings is 1. The number of hydrogen-bond donors (Lipinski definition) is 1. The van der Waals surface area contributed by atoms with Gasteiger partial charge in [-0.25, -0.2) is 4.98 Å². The molecule has 1 heterocycles. The molecular formula is C16H19ClN2. The SMILES string of the molecule is ClCC1CCCCC1Nc1nccc2ccccc12. The quantitative estimate of drug-likeness (QED) is 0.837. The topological polar surface area (TPSA) is 24.9 Å². The van der Waals surface area contributed by atoms with Crippen LogP contribution >= 0.6 is 11.6 Å². The Labute approximate surface area is 119 Å². The summed E-state index contributed by atoms with van der Waals surface area (Å²) in [6, 6.07) is 10.9. The number of alkyl halides is 1. The van der Waals surface area contributed by atoms with Crippen LogP contribution in [0.2, 0.25) is 0 Å². The van der Waals surface area contributed by atoms with E-state index in [2.05, 4.69) is 40.6 Å². The number of hydrogen-bond acceptors (Lipinski definition) is 2. The van der Waals surface area contributed by atoms with Gasteiger partial charge in [0, 0.05) is 23.5 Å². The third kappa shape index (κ3) is 2.69. The fourth-order valence-electron chi connectivity index (χ4n) is 2.99. The van der Waals surface area contributed by atoms with Crippen molar-refractivity contribution in [3.63, 3.8) is 0 Å². The third-order valence-corrected chi connectivity index (χ3v) is 4.50. The summed E-state index contributed by atoms with van der Waals surface area (Å²) in [5.41, 5.74) is 0. The fourth-order valence-corrected chi connectivity index (χ4v) is 3.36. The zero-order valence-corrected chi connectivity index (χ0v) is 11.7. The minimum absolute atomic E-state index is 0.463. The number of nitrogens with zero attached hydrogens (tertiary/aromatic N) is 1. The molecule has 0 saturated heterocycles. The average molecular weight is 275 g/mol. The molecule has 19 heavy (non-hydrogen) atoms. The van der Waals surface area contributed by atoms with E-state index < -0.39 is 0 Å². The van der Waals surface area contributed by atoms with Gasteiger partial charge in [-0.15, -0.1) is 11.6 Å². The lowest BCUT2D eigenvalue weighted by atomic mass is 9.85. The Morgan fingerprint density at radius 2 is 2.00 bits per heavy atom. The van der Waals surface area contributed by atoms with Crippen molar-refractivity contribution in [1.82, 2.24) is 4.98 Å². The Bertz CT molecular complexity index is 550. The Kier molecular flexibility index (Phi) is 3.88. The summed E-state index contributed by atoms with van der Waals surface area (Å²) in [4.78, 5) is 4.52. The summed E-state index contributed by atoms with van der Waals surface area (Å²) in [6.45, 7) is 0. The van der Waals surface area contributed by atoms with E-state index in [4.69, 9.17) is 11.6 Å².